The van der Waals surface area contributed by atoms with Gasteiger partial charge in [-0.2, -0.15) is 0 Å². The Morgan fingerprint density at radius 3 is 2.40 bits per heavy atom. The van der Waals surface area contributed by atoms with Gasteiger partial charge >= 0.3 is 0 Å². The minimum atomic E-state index is -0.141. The Kier molecular flexibility index (Phi) is 6.21. The molecule has 3 heteroatoms. The van der Waals surface area contributed by atoms with Gasteiger partial charge in [0.2, 0.25) is 5.91 Å². The molecule has 0 aromatic heterocycles. The van der Waals surface area contributed by atoms with Gasteiger partial charge in [0.25, 0.3) is 0 Å². The summed E-state index contributed by atoms with van der Waals surface area (Å²) in [5, 5.41) is 2.93. The normalized spacial score (nSPS) is 14.7. The summed E-state index contributed by atoms with van der Waals surface area (Å²) in [6.07, 6.45) is 1.62. The van der Waals surface area contributed by atoms with E-state index in [1.807, 2.05) is 30.3 Å². The highest BCUT2D eigenvalue weighted by molar-refractivity contribution is 5.76. The Labute approximate surface area is 122 Å². The molecule has 0 aliphatic carbocycles. The molecule has 0 heterocycles. The van der Waals surface area contributed by atoms with Gasteiger partial charge in [-0.25, -0.2) is 0 Å². The van der Waals surface area contributed by atoms with Crippen molar-refractivity contribution < 1.29 is 4.79 Å². The summed E-state index contributed by atoms with van der Waals surface area (Å²) in [6.45, 7) is 9.22. The Morgan fingerprint density at radius 1 is 1.25 bits per heavy atom. The van der Waals surface area contributed by atoms with Crippen molar-refractivity contribution in [3.63, 3.8) is 0 Å². The van der Waals surface area contributed by atoms with E-state index < -0.39 is 0 Å². The van der Waals surface area contributed by atoms with E-state index in [1.165, 1.54) is 0 Å². The molecular formula is C17H28N2O. The van der Waals surface area contributed by atoms with E-state index in [9.17, 15) is 4.79 Å². The molecule has 3 nitrogen and oxygen atoms in total. The maximum atomic E-state index is 11.9. The van der Waals surface area contributed by atoms with Crippen molar-refractivity contribution >= 4 is 5.91 Å². The monoisotopic (exact) mass is 276 g/mol. The van der Waals surface area contributed by atoms with Gasteiger partial charge < -0.3 is 11.1 Å². The summed E-state index contributed by atoms with van der Waals surface area (Å²) in [5.41, 5.74) is 7.38. The largest absolute Gasteiger partial charge is 0.354 e. The maximum absolute atomic E-state index is 11.9. The van der Waals surface area contributed by atoms with Gasteiger partial charge in [0.15, 0.2) is 0 Å². The molecule has 1 amide bonds. The number of hydrogen-bond donors (Lipinski definition) is 2. The predicted molar refractivity (Wildman–Crippen MR) is 84.2 cm³/mol. The molecule has 3 N–H and O–H groups in total. The highest BCUT2D eigenvalue weighted by Crippen LogP contribution is 2.25. The molecule has 0 bridgehead atoms. The van der Waals surface area contributed by atoms with Crippen LogP contribution in [0.1, 0.15) is 52.1 Å². The van der Waals surface area contributed by atoms with Crippen LogP contribution in [-0.2, 0) is 4.79 Å². The Hall–Kier alpha value is -1.35. The zero-order valence-electron chi connectivity index (χ0n) is 13.1. The van der Waals surface area contributed by atoms with Gasteiger partial charge in [-0.15, -0.1) is 0 Å². The first kappa shape index (κ1) is 16.7. The third-order valence-electron chi connectivity index (χ3n) is 3.24. The zero-order valence-corrected chi connectivity index (χ0v) is 13.1. The van der Waals surface area contributed by atoms with Gasteiger partial charge in [0.1, 0.15) is 0 Å². The second-order valence-electron chi connectivity index (χ2n) is 6.90. The van der Waals surface area contributed by atoms with Crippen LogP contribution in [-0.4, -0.2) is 12.5 Å². The molecule has 1 aromatic carbocycles. The van der Waals surface area contributed by atoms with E-state index >= 15 is 0 Å². The molecule has 0 aliphatic heterocycles. The molecule has 0 saturated carbocycles. The lowest BCUT2D eigenvalue weighted by Crippen LogP contribution is -2.33. The number of hydrogen-bond acceptors (Lipinski definition) is 2. The average molecular weight is 276 g/mol. The van der Waals surface area contributed by atoms with Gasteiger partial charge in [-0.1, -0.05) is 58.0 Å². The van der Waals surface area contributed by atoms with Crippen LogP contribution in [0.2, 0.25) is 0 Å². The lowest BCUT2D eigenvalue weighted by atomic mass is 9.84. The Morgan fingerprint density at radius 2 is 1.85 bits per heavy atom. The second-order valence-corrected chi connectivity index (χ2v) is 6.90. The van der Waals surface area contributed by atoms with E-state index in [4.69, 9.17) is 5.73 Å². The summed E-state index contributed by atoms with van der Waals surface area (Å²) in [6, 6.07) is 9.71. The quantitative estimate of drug-likeness (QED) is 0.838. The van der Waals surface area contributed by atoms with Crippen LogP contribution in [0.5, 0.6) is 0 Å². The number of carbonyl (C=O) groups excluding carboxylic acids is 1. The van der Waals surface area contributed by atoms with Crippen LogP contribution in [0.4, 0.5) is 0 Å². The number of amides is 1. The predicted octanol–water partition coefficient (Wildman–Crippen LogP) is 3.27. The van der Waals surface area contributed by atoms with Crippen LogP contribution in [0.15, 0.2) is 30.3 Å². The van der Waals surface area contributed by atoms with E-state index in [-0.39, 0.29) is 17.4 Å². The first-order valence-corrected chi connectivity index (χ1v) is 7.35. The topological polar surface area (TPSA) is 55.1 Å². The fourth-order valence-corrected chi connectivity index (χ4v) is 2.55. The molecule has 0 fully saturated rings. The number of benzene rings is 1. The second kappa shape index (κ2) is 7.44. The van der Waals surface area contributed by atoms with Crippen molar-refractivity contribution in [3.05, 3.63) is 35.9 Å². The molecule has 0 radical (unpaired) electrons. The summed E-state index contributed by atoms with van der Waals surface area (Å²) >= 11 is 0. The van der Waals surface area contributed by atoms with E-state index in [2.05, 4.69) is 33.0 Å². The van der Waals surface area contributed by atoms with Gasteiger partial charge in [0.05, 0.1) is 0 Å². The molecule has 1 rings (SSSR count). The molecule has 0 aliphatic rings. The standard InChI is InChI=1S/C17H28N2O/c1-13(11-17(2,3)4)10-16(20)19-12-15(18)14-8-6-5-7-9-14/h5-9,13,15H,10-12,18H2,1-4H3,(H,19,20). The van der Waals surface area contributed by atoms with Crippen molar-refractivity contribution in [2.75, 3.05) is 6.54 Å². The third-order valence-corrected chi connectivity index (χ3v) is 3.24. The average Bonchev–Trinajstić information content (AvgIpc) is 2.34. The summed E-state index contributed by atoms with van der Waals surface area (Å²) in [5.74, 6) is 0.482. The molecule has 112 valence electrons. The molecule has 20 heavy (non-hydrogen) atoms. The van der Waals surface area contributed by atoms with Crippen LogP contribution < -0.4 is 11.1 Å². The van der Waals surface area contributed by atoms with E-state index in [0.717, 1.165) is 12.0 Å². The number of nitrogens with two attached hydrogens (primary N) is 1. The van der Waals surface area contributed by atoms with Gasteiger partial charge in [-0.05, 0) is 23.3 Å². The number of rotatable bonds is 6. The van der Waals surface area contributed by atoms with Crippen LogP contribution in [0, 0.1) is 11.3 Å². The van der Waals surface area contributed by atoms with Crippen LogP contribution in [0.3, 0.4) is 0 Å². The van der Waals surface area contributed by atoms with Gasteiger partial charge in [-0.3, -0.25) is 4.79 Å². The Balaban J connectivity index is 2.33. The number of carbonyl (C=O) groups is 1. The molecule has 1 aromatic rings. The first-order valence-electron chi connectivity index (χ1n) is 7.35. The lowest BCUT2D eigenvalue weighted by molar-refractivity contribution is -0.122. The highest BCUT2D eigenvalue weighted by Gasteiger charge is 2.18. The number of nitrogens with one attached hydrogen (secondary N) is 1. The Bertz CT molecular complexity index is 409. The summed E-state index contributed by atoms with van der Waals surface area (Å²) in [7, 11) is 0. The minimum Gasteiger partial charge on any atom is -0.354 e. The minimum absolute atomic E-state index is 0.0909. The fourth-order valence-electron chi connectivity index (χ4n) is 2.55. The maximum Gasteiger partial charge on any atom is 0.220 e. The van der Waals surface area contributed by atoms with Crippen LogP contribution in [0.25, 0.3) is 0 Å². The highest BCUT2D eigenvalue weighted by atomic mass is 16.1. The molecule has 2 unspecified atom stereocenters. The van der Waals surface area contributed by atoms with E-state index in [0.29, 0.717) is 18.9 Å². The third kappa shape index (κ3) is 6.71. The molecule has 0 spiro atoms. The fraction of sp³-hybridized carbons (Fsp3) is 0.588. The molecule has 2 atom stereocenters. The SMILES string of the molecule is CC(CC(=O)NCC(N)c1ccccc1)CC(C)(C)C. The van der Waals surface area contributed by atoms with Gasteiger partial charge in [0, 0.05) is 19.0 Å². The summed E-state index contributed by atoms with van der Waals surface area (Å²) in [4.78, 5) is 11.9. The summed E-state index contributed by atoms with van der Waals surface area (Å²) < 4.78 is 0. The van der Waals surface area contributed by atoms with Crippen molar-refractivity contribution in [2.45, 2.75) is 46.6 Å². The van der Waals surface area contributed by atoms with E-state index in [1.54, 1.807) is 0 Å². The zero-order chi connectivity index (χ0) is 15.2. The van der Waals surface area contributed by atoms with Crippen molar-refractivity contribution in [3.8, 4) is 0 Å². The van der Waals surface area contributed by atoms with Crippen molar-refractivity contribution in [2.24, 2.45) is 17.1 Å². The smallest absolute Gasteiger partial charge is 0.220 e. The molecular weight excluding hydrogens is 248 g/mol. The van der Waals surface area contributed by atoms with Crippen LogP contribution >= 0.6 is 0 Å². The molecule has 0 saturated heterocycles. The first-order chi connectivity index (χ1) is 9.28. The van der Waals surface area contributed by atoms with Crippen molar-refractivity contribution in [1.29, 1.82) is 0 Å². The van der Waals surface area contributed by atoms with Crippen molar-refractivity contribution in [1.82, 2.24) is 5.32 Å². The lowest BCUT2D eigenvalue weighted by Gasteiger charge is -2.23.